The van der Waals surface area contributed by atoms with Crippen molar-refractivity contribution in [3.63, 3.8) is 0 Å². The predicted octanol–water partition coefficient (Wildman–Crippen LogP) is 3.61. The van der Waals surface area contributed by atoms with E-state index < -0.39 is 11.7 Å². The number of hydrogen-bond acceptors (Lipinski definition) is 2. The number of amides is 1. The van der Waals surface area contributed by atoms with Crippen molar-refractivity contribution in [3.05, 3.63) is 58.5 Å². The number of rotatable bonds is 2. The minimum absolute atomic E-state index is 0.0196. The van der Waals surface area contributed by atoms with E-state index in [0.29, 0.717) is 33.3 Å². The summed E-state index contributed by atoms with van der Waals surface area (Å²) in [4.78, 5) is 11.6. The van der Waals surface area contributed by atoms with Crippen molar-refractivity contribution in [2.45, 2.75) is 0 Å². The first-order valence-electron chi connectivity index (χ1n) is 6.71. The van der Waals surface area contributed by atoms with Crippen LogP contribution in [0.15, 0.2) is 36.4 Å². The SMILES string of the molecule is Cn1c(C(N)=O)cc2cc(C#N)cc(-c3ccc(Cl)c(F)c3)c21. The van der Waals surface area contributed by atoms with Crippen LogP contribution in [0.5, 0.6) is 0 Å². The molecule has 1 amide bonds. The van der Waals surface area contributed by atoms with Gasteiger partial charge in [0.15, 0.2) is 0 Å². The Morgan fingerprint density at radius 3 is 2.65 bits per heavy atom. The van der Waals surface area contributed by atoms with E-state index in [0.717, 1.165) is 0 Å². The molecule has 6 heteroatoms. The van der Waals surface area contributed by atoms with Crippen molar-refractivity contribution in [2.24, 2.45) is 12.8 Å². The third-order valence-electron chi connectivity index (χ3n) is 3.74. The highest BCUT2D eigenvalue weighted by atomic mass is 35.5. The molecule has 2 N–H and O–H groups in total. The molecule has 3 aromatic rings. The van der Waals surface area contributed by atoms with Gasteiger partial charge in [-0.15, -0.1) is 0 Å². The summed E-state index contributed by atoms with van der Waals surface area (Å²) in [6, 6.07) is 11.4. The Hall–Kier alpha value is -2.84. The van der Waals surface area contributed by atoms with Crippen molar-refractivity contribution in [2.75, 3.05) is 0 Å². The zero-order chi connectivity index (χ0) is 16.7. The molecule has 0 aliphatic rings. The number of halogens is 2. The molecule has 0 bridgehead atoms. The van der Waals surface area contributed by atoms with Gasteiger partial charge in [0.2, 0.25) is 0 Å². The molecule has 114 valence electrons. The van der Waals surface area contributed by atoms with Crippen LogP contribution in [0.4, 0.5) is 4.39 Å². The molecule has 3 rings (SSSR count). The fourth-order valence-corrected chi connectivity index (χ4v) is 2.81. The molecular formula is C17H11ClFN3O. The first-order valence-corrected chi connectivity index (χ1v) is 7.09. The molecule has 4 nitrogen and oxygen atoms in total. The zero-order valence-electron chi connectivity index (χ0n) is 12.1. The molecule has 0 saturated carbocycles. The lowest BCUT2D eigenvalue weighted by molar-refractivity contribution is 0.0993. The van der Waals surface area contributed by atoms with Gasteiger partial charge >= 0.3 is 0 Å². The van der Waals surface area contributed by atoms with Crippen LogP contribution in [-0.2, 0) is 7.05 Å². The van der Waals surface area contributed by atoms with E-state index in [9.17, 15) is 14.4 Å². The lowest BCUT2D eigenvalue weighted by atomic mass is 10.00. The van der Waals surface area contributed by atoms with E-state index in [1.54, 1.807) is 35.9 Å². The number of benzene rings is 2. The van der Waals surface area contributed by atoms with E-state index in [-0.39, 0.29) is 5.02 Å². The van der Waals surface area contributed by atoms with Gasteiger partial charge in [-0.1, -0.05) is 17.7 Å². The van der Waals surface area contributed by atoms with Crippen molar-refractivity contribution < 1.29 is 9.18 Å². The van der Waals surface area contributed by atoms with Gasteiger partial charge in [0.05, 0.1) is 22.2 Å². The summed E-state index contributed by atoms with van der Waals surface area (Å²) in [7, 11) is 1.70. The first-order chi connectivity index (χ1) is 10.9. The Balaban J connectivity index is 2.40. The van der Waals surface area contributed by atoms with Gasteiger partial charge < -0.3 is 10.3 Å². The van der Waals surface area contributed by atoms with Crippen molar-refractivity contribution in [3.8, 4) is 17.2 Å². The zero-order valence-corrected chi connectivity index (χ0v) is 12.9. The number of nitrogens with zero attached hydrogens (tertiary/aromatic N) is 2. The lowest BCUT2D eigenvalue weighted by Gasteiger charge is -2.09. The number of aromatic nitrogens is 1. The van der Waals surface area contributed by atoms with Crippen LogP contribution in [0, 0.1) is 17.1 Å². The third kappa shape index (κ3) is 2.43. The normalized spacial score (nSPS) is 10.7. The largest absolute Gasteiger partial charge is 0.364 e. The monoisotopic (exact) mass is 327 g/mol. The Kier molecular flexibility index (Phi) is 3.55. The molecule has 0 aliphatic heterocycles. The Morgan fingerprint density at radius 1 is 1.30 bits per heavy atom. The fraction of sp³-hybridized carbons (Fsp3) is 0.0588. The third-order valence-corrected chi connectivity index (χ3v) is 4.05. The molecule has 2 aromatic carbocycles. The highest BCUT2D eigenvalue weighted by molar-refractivity contribution is 6.30. The Labute approximate surface area is 136 Å². The molecule has 1 heterocycles. The second kappa shape index (κ2) is 5.41. The number of primary amides is 1. The number of carbonyl (C=O) groups is 1. The molecule has 0 spiro atoms. The van der Waals surface area contributed by atoms with E-state index >= 15 is 0 Å². The van der Waals surface area contributed by atoms with Gasteiger partial charge in [-0.05, 0) is 35.9 Å². The topological polar surface area (TPSA) is 71.8 Å². The van der Waals surface area contributed by atoms with E-state index in [1.807, 2.05) is 0 Å². The van der Waals surface area contributed by atoms with Crippen LogP contribution in [-0.4, -0.2) is 10.5 Å². The lowest BCUT2D eigenvalue weighted by Crippen LogP contribution is -2.15. The number of aryl methyl sites for hydroxylation is 1. The van der Waals surface area contributed by atoms with E-state index in [4.69, 9.17) is 17.3 Å². The minimum atomic E-state index is -0.574. The van der Waals surface area contributed by atoms with Crippen LogP contribution < -0.4 is 5.73 Å². The van der Waals surface area contributed by atoms with Gasteiger partial charge in [-0.2, -0.15) is 5.26 Å². The summed E-state index contributed by atoms with van der Waals surface area (Å²) >= 11 is 5.73. The molecule has 23 heavy (non-hydrogen) atoms. The summed E-state index contributed by atoms with van der Waals surface area (Å²) in [6.07, 6.45) is 0. The maximum Gasteiger partial charge on any atom is 0.265 e. The summed E-state index contributed by atoms with van der Waals surface area (Å²) in [5, 5.41) is 9.91. The van der Waals surface area contributed by atoms with Gasteiger partial charge in [-0.3, -0.25) is 4.79 Å². The van der Waals surface area contributed by atoms with Crippen LogP contribution in [0.25, 0.3) is 22.0 Å². The molecular weight excluding hydrogens is 317 g/mol. The number of nitrogens with two attached hydrogens (primary N) is 1. The van der Waals surface area contributed by atoms with Crippen molar-refractivity contribution in [1.29, 1.82) is 5.26 Å². The minimum Gasteiger partial charge on any atom is -0.364 e. The highest BCUT2D eigenvalue weighted by Crippen LogP contribution is 2.33. The van der Waals surface area contributed by atoms with Crippen LogP contribution in [0.2, 0.25) is 5.02 Å². The van der Waals surface area contributed by atoms with Gasteiger partial charge in [0, 0.05) is 18.0 Å². The van der Waals surface area contributed by atoms with Crippen LogP contribution >= 0.6 is 11.6 Å². The first kappa shape index (κ1) is 15.1. The van der Waals surface area contributed by atoms with Gasteiger partial charge in [0.1, 0.15) is 11.5 Å². The van der Waals surface area contributed by atoms with E-state index in [2.05, 4.69) is 6.07 Å². The number of hydrogen-bond donors (Lipinski definition) is 1. The quantitative estimate of drug-likeness (QED) is 0.781. The molecule has 1 aromatic heterocycles. The molecule has 0 saturated heterocycles. The standard InChI is InChI=1S/C17H11ClFN3O/c1-22-15(17(21)23)7-11-4-9(8-20)5-12(16(11)22)10-2-3-13(18)14(19)6-10/h2-7H,1H3,(H2,21,23). The summed E-state index contributed by atoms with van der Waals surface area (Å²) in [6.45, 7) is 0. The van der Waals surface area contributed by atoms with Crippen molar-refractivity contribution >= 4 is 28.4 Å². The molecule has 0 radical (unpaired) electrons. The van der Waals surface area contributed by atoms with Gasteiger partial charge in [0.25, 0.3) is 5.91 Å². The molecule has 0 unspecified atom stereocenters. The summed E-state index contributed by atoms with van der Waals surface area (Å²) in [5.74, 6) is -1.13. The predicted molar refractivity (Wildman–Crippen MR) is 86.6 cm³/mol. The second-order valence-electron chi connectivity index (χ2n) is 5.16. The van der Waals surface area contributed by atoms with Crippen LogP contribution in [0.3, 0.4) is 0 Å². The summed E-state index contributed by atoms with van der Waals surface area (Å²) < 4.78 is 15.4. The van der Waals surface area contributed by atoms with Crippen molar-refractivity contribution in [1.82, 2.24) is 4.57 Å². The molecule has 0 aliphatic carbocycles. The number of nitriles is 1. The smallest absolute Gasteiger partial charge is 0.265 e. The highest BCUT2D eigenvalue weighted by Gasteiger charge is 2.16. The van der Waals surface area contributed by atoms with E-state index in [1.165, 1.54) is 12.1 Å². The molecule has 0 fully saturated rings. The second-order valence-corrected chi connectivity index (χ2v) is 5.56. The average Bonchev–Trinajstić information content (AvgIpc) is 2.86. The number of carbonyl (C=O) groups excluding carboxylic acids is 1. The van der Waals surface area contributed by atoms with Crippen LogP contribution in [0.1, 0.15) is 16.1 Å². The summed E-state index contributed by atoms with van der Waals surface area (Å²) in [5.41, 5.74) is 7.98. The maximum atomic E-state index is 13.8. The van der Waals surface area contributed by atoms with Gasteiger partial charge in [-0.25, -0.2) is 4.39 Å². The average molecular weight is 328 g/mol. The number of fused-ring (bicyclic) bond motifs is 1. The Morgan fingerprint density at radius 2 is 2.04 bits per heavy atom. The Bertz CT molecular complexity index is 1000. The molecule has 0 atom stereocenters. The fourth-order valence-electron chi connectivity index (χ4n) is 2.69. The maximum absolute atomic E-state index is 13.8.